The van der Waals surface area contributed by atoms with Crippen molar-refractivity contribution in [2.45, 2.75) is 40.5 Å². The summed E-state index contributed by atoms with van der Waals surface area (Å²) < 4.78 is 0. The lowest BCUT2D eigenvalue weighted by Gasteiger charge is -2.19. The van der Waals surface area contributed by atoms with Gasteiger partial charge in [0.15, 0.2) is 0 Å². The largest absolute Gasteiger partial charge is 0.318 e. The van der Waals surface area contributed by atoms with Crippen LogP contribution < -0.4 is 15.5 Å². The number of carbonyl (C=O) groups is 3. The molecule has 1 saturated heterocycles. The average molecular weight is 379 g/mol. The fourth-order valence-corrected chi connectivity index (χ4v) is 3.62. The van der Waals surface area contributed by atoms with Crippen LogP contribution in [0.4, 0.5) is 17.1 Å². The maximum Gasteiger partial charge on any atom is 0.314 e. The number of hydrogen-bond donors (Lipinski definition) is 2. The first-order valence-corrected chi connectivity index (χ1v) is 9.37. The van der Waals surface area contributed by atoms with Crippen molar-refractivity contribution < 1.29 is 14.4 Å². The van der Waals surface area contributed by atoms with Crippen molar-refractivity contribution in [3.63, 3.8) is 0 Å². The zero-order valence-corrected chi connectivity index (χ0v) is 16.7. The van der Waals surface area contributed by atoms with E-state index < -0.39 is 11.8 Å². The number of benzene rings is 2. The smallest absolute Gasteiger partial charge is 0.314 e. The predicted octanol–water partition coefficient (Wildman–Crippen LogP) is 3.62. The molecular formula is C22H25N3O3. The van der Waals surface area contributed by atoms with Crippen molar-refractivity contribution in [1.82, 2.24) is 0 Å². The van der Waals surface area contributed by atoms with Crippen LogP contribution in [0.15, 0.2) is 30.3 Å². The van der Waals surface area contributed by atoms with Crippen LogP contribution >= 0.6 is 0 Å². The number of nitrogens with one attached hydrogen (secondary N) is 2. The average Bonchev–Trinajstić information content (AvgIpc) is 3.05. The molecule has 6 heteroatoms. The Morgan fingerprint density at radius 3 is 2.14 bits per heavy atom. The highest BCUT2D eigenvalue weighted by Crippen LogP contribution is 2.28. The standard InChI is InChI=1S/C22H25N3O3/c1-13-10-15(3)20(16(4)11-13)24-22(28)21(27)23-17-8-7-14(2)18(12-17)25-9-5-6-19(25)26/h7-8,10-12H,5-6,9H2,1-4H3,(H,23,27)(H,24,28). The molecule has 0 saturated carbocycles. The molecule has 1 aliphatic rings. The summed E-state index contributed by atoms with van der Waals surface area (Å²) in [5, 5.41) is 5.33. The van der Waals surface area contributed by atoms with Crippen molar-refractivity contribution in [3.8, 4) is 0 Å². The van der Waals surface area contributed by atoms with Gasteiger partial charge in [-0.3, -0.25) is 14.4 Å². The molecule has 146 valence electrons. The zero-order chi connectivity index (χ0) is 20.4. The summed E-state index contributed by atoms with van der Waals surface area (Å²) >= 11 is 0. The quantitative estimate of drug-likeness (QED) is 0.800. The van der Waals surface area contributed by atoms with Gasteiger partial charge < -0.3 is 15.5 Å². The molecule has 0 atom stereocenters. The lowest BCUT2D eigenvalue weighted by Crippen LogP contribution is -2.30. The van der Waals surface area contributed by atoms with Crippen molar-refractivity contribution in [3.05, 3.63) is 52.6 Å². The lowest BCUT2D eigenvalue weighted by molar-refractivity contribution is -0.133. The Bertz CT molecular complexity index is 942. The van der Waals surface area contributed by atoms with E-state index in [0.717, 1.165) is 34.4 Å². The second-order valence-electron chi connectivity index (χ2n) is 7.33. The zero-order valence-electron chi connectivity index (χ0n) is 16.7. The van der Waals surface area contributed by atoms with Gasteiger partial charge >= 0.3 is 11.8 Å². The van der Waals surface area contributed by atoms with Crippen molar-refractivity contribution in [2.75, 3.05) is 22.1 Å². The van der Waals surface area contributed by atoms with Gasteiger partial charge in [0.05, 0.1) is 0 Å². The molecule has 6 nitrogen and oxygen atoms in total. The van der Waals surface area contributed by atoms with Gasteiger partial charge in [-0.15, -0.1) is 0 Å². The van der Waals surface area contributed by atoms with E-state index in [2.05, 4.69) is 10.6 Å². The molecule has 0 bridgehead atoms. The Kier molecular flexibility index (Phi) is 5.49. The number of rotatable bonds is 3. The van der Waals surface area contributed by atoms with E-state index in [1.165, 1.54) is 0 Å². The molecule has 1 aliphatic heterocycles. The van der Waals surface area contributed by atoms with Crippen LogP contribution in [-0.2, 0) is 14.4 Å². The second-order valence-corrected chi connectivity index (χ2v) is 7.33. The summed E-state index contributed by atoms with van der Waals surface area (Å²) in [5.41, 5.74) is 5.76. The Morgan fingerprint density at radius 1 is 0.893 bits per heavy atom. The summed E-state index contributed by atoms with van der Waals surface area (Å²) in [6.07, 6.45) is 1.36. The Labute approximate surface area is 164 Å². The molecule has 1 fully saturated rings. The first-order chi connectivity index (χ1) is 13.3. The number of aryl methyl sites for hydroxylation is 4. The molecule has 3 rings (SSSR count). The number of hydrogen-bond acceptors (Lipinski definition) is 3. The maximum atomic E-state index is 12.4. The van der Waals surface area contributed by atoms with Gasteiger partial charge in [0.25, 0.3) is 0 Å². The summed E-state index contributed by atoms with van der Waals surface area (Å²) in [6.45, 7) is 8.36. The van der Waals surface area contributed by atoms with Gasteiger partial charge in [0.2, 0.25) is 5.91 Å². The summed E-state index contributed by atoms with van der Waals surface area (Å²) in [7, 11) is 0. The monoisotopic (exact) mass is 379 g/mol. The molecule has 0 aromatic heterocycles. The van der Waals surface area contributed by atoms with E-state index in [-0.39, 0.29) is 5.91 Å². The van der Waals surface area contributed by atoms with Gasteiger partial charge in [-0.2, -0.15) is 0 Å². The third-order valence-corrected chi connectivity index (χ3v) is 4.95. The molecule has 2 aromatic carbocycles. The molecule has 2 N–H and O–H groups in total. The van der Waals surface area contributed by atoms with E-state index in [1.807, 2.05) is 45.9 Å². The summed E-state index contributed by atoms with van der Waals surface area (Å²) in [6, 6.07) is 9.22. The fraction of sp³-hybridized carbons (Fsp3) is 0.318. The molecule has 0 spiro atoms. The van der Waals surface area contributed by atoms with Crippen LogP contribution in [0.25, 0.3) is 0 Å². The Hall–Kier alpha value is -3.15. The molecular weight excluding hydrogens is 354 g/mol. The van der Waals surface area contributed by atoms with Crippen LogP contribution in [0.5, 0.6) is 0 Å². The Balaban J connectivity index is 1.74. The molecule has 0 unspecified atom stereocenters. The topological polar surface area (TPSA) is 78.5 Å². The highest BCUT2D eigenvalue weighted by molar-refractivity contribution is 6.43. The third-order valence-electron chi connectivity index (χ3n) is 4.95. The molecule has 1 heterocycles. The highest BCUT2D eigenvalue weighted by Gasteiger charge is 2.24. The van der Waals surface area contributed by atoms with E-state index in [4.69, 9.17) is 0 Å². The summed E-state index contributed by atoms with van der Waals surface area (Å²) in [5.74, 6) is -1.40. The minimum absolute atomic E-state index is 0.0784. The van der Waals surface area contributed by atoms with E-state index >= 15 is 0 Å². The number of carbonyl (C=O) groups excluding carboxylic acids is 3. The summed E-state index contributed by atoms with van der Waals surface area (Å²) in [4.78, 5) is 38.5. The van der Waals surface area contributed by atoms with Crippen molar-refractivity contribution in [2.24, 2.45) is 0 Å². The minimum Gasteiger partial charge on any atom is -0.318 e. The molecule has 3 amide bonds. The number of nitrogens with zero attached hydrogens (tertiary/aromatic N) is 1. The normalized spacial score (nSPS) is 13.6. The first-order valence-electron chi connectivity index (χ1n) is 9.37. The van der Waals surface area contributed by atoms with Crippen molar-refractivity contribution in [1.29, 1.82) is 0 Å². The highest BCUT2D eigenvalue weighted by atomic mass is 16.2. The first kappa shape index (κ1) is 19.6. The molecule has 2 aromatic rings. The minimum atomic E-state index is -0.748. The lowest BCUT2D eigenvalue weighted by atomic mass is 10.1. The van der Waals surface area contributed by atoms with Gasteiger partial charge in [0.1, 0.15) is 0 Å². The van der Waals surface area contributed by atoms with Gasteiger partial charge in [-0.25, -0.2) is 0 Å². The predicted molar refractivity (Wildman–Crippen MR) is 111 cm³/mol. The molecule has 0 radical (unpaired) electrons. The third kappa shape index (κ3) is 4.06. The van der Waals surface area contributed by atoms with E-state index in [0.29, 0.717) is 24.3 Å². The van der Waals surface area contributed by atoms with Crippen LogP contribution in [-0.4, -0.2) is 24.3 Å². The maximum absolute atomic E-state index is 12.4. The van der Waals surface area contributed by atoms with Crippen LogP contribution in [0, 0.1) is 27.7 Å². The Morgan fingerprint density at radius 2 is 1.54 bits per heavy atom. The number of anilines is 3. The van der Waals surface area contributed by atoms with Crippen LogP contribution in [0.2, 0.25) is 0 Å². The number of amides is 3. The van der Waals surface area contributed by atoms with E-state index in [1.54, 1.807) is 17.0 Å². The van der Waals surface area contributed by atoms with Gasteiger partial charge in [-0.05, 0) is 62.9 Å². The van der Waals surface area contributed by atoms with Crippen LogP contribution in [0.1, 0.15) is 35.1 Å². The molecule has 0 aliphatic carbocycles. The van der Waals surface area contributed by atoms with Crippen molar-refractivity contribution >= 4 is 34.8 Å². The fourth-order valence-electron chi connectivity index (χ4n) is 3.62. The van der Waals surface area contributed by atoms with Gasteiger partial charge in [0, 0.05) is 30.0 Å². The van der Waals surface area contributed by atoms with Crippen LogP contribution in [0.3, 0.4) is 0 Å². The van der Waals surface area contributed by atoms with E-state index in [9.17, 15) is 14.4 Å². The second kappa shape index (κ2) is 7.84. The van der Waals surface area contributed by atoms with Gasteiger partial charge in [-0.1, -0.05) is 23.8 Å². The molecule has 28 heavy (non-hydrogen) atoms. The SMILES string of the molecule is Cc1cc(C)c(NC(=O)C(=O)Nc2ccc(C)c(N3CCCC3=O)c2)c(C)c1.